The summed E-state index contributed by atoms with van der Waals surface area (Å²) in [5.41, 5.74) is 0.974. The lowest BCUT2D eigenvalue weighted by molar-refractivity contribution is 0.101. The molecule has 0 fully saturated rings. The lowest BCUT2D eigenvalue weighted by Crippen LogP contribution is -2.15. The molecule has 22 heavy (non-hydrogen) atoms. The van der Waals surface area contributed by atoms with Crippen molar-refractivity contribution >= 4 is 42.6 Å². The Balaban J connectivity index is 1.93. The molecular weight excluding hydrogens is 326 g/mol. The van der Waals surface area contributed by atoms with Gasteiger partial charge in [0.05, 0.1) is 15.1 Å². The first-order valence-electron chi connectivity index (χ1n) is 6.07. The molecule has 10 heteroatoms. The predicted octanol–water partition coefficient (Wildman–Crippen LogP) is 0.929. The molecule has 0 spiro atoms. The normalized spacial score (nSPS) is 11.7. The standard InChI is InChI=1S/C12H11N5O3S2/c1-17-9(4-5-14-17)11(18)16-12-15-8-3-2-7(22(13,19)20)6-10(8)21-12/h2-6H,1H3,(H2,13,19,20)(H,15,16,18). The number of thiazole rings is 1. The van der Waals surface area contributed by atoms with Crippen LogP contribution in [0.25, 0.3) is 10.2 Å². The molecule has 3 rings (SSSR count). The maximum Gasteiger partial charge on any atom is 0.275 e. The molecule has 8 nitrogen and oxygen atoms in total. The van der Waals surface area contributed by atoms with Gasteiger partial charge in [-0.25, -0.2) is 18.5 Å². The summed E-state index contributed by atoms with van der Waals surface area (Å²) in [5.74, 6) is -0.342. The first kappa shape index (κ1) is 14.6. The van der Waals surface area contributed by atoms with Gasteiger partial charge in [0.25, 0.3) is 5.91 Å². The number of primary sulfonamides is 1. The van der Waals surface area contributed by atoms with Crippen LogP contribution in [0, 0.1) is 0 Å². The van der Waals surface area contributed by atoms with E-state index in [-0.39, 0.29) is 10.8 Å². The van der Waals surface area contributed by atoms with Gasteiger partial charge in [-0.15, -0.1) is 0 Å². The van der Waals surface area contributed by atoms with Gasteiger partial charge in [-0.1, -0.05) is 11.3 Å². The van der Waals surface area contributed by atoms with Crippen molar-refractivity contribution in [3.8, 4) is 0 Å². The fraction of sp³-hybridized carbons (Fsp3) is 0.0833. The van der Waals surface area contributed by atoms with Crippen LogP contribution in [0.5, 0.6) is 0 Å². The fourth-order valence-electron chi connectivity index (χ4n) is 1.89. The summed E-state index contributed by atoms with van der Waals surface area (Å²) in [6, 6.07) is 5.94. The van der Waals surface area contributed by atoms with Crippen molar-refractivity contribution in [2.24, 2.45) is 12.2 Å². The molecule has 0 aliphatic heterocycles. The molecule has 3 aromatic rings. The first-order chi connectivity index (χ1) is 10.3. The topological polar surface area (TPSA) is 120 Å². The molecule has 0 aliphatic carbocycles. The third-order valence-electron chi connectivity index (χ3n) is 2.96. The van der Waals surface area contributed by atoms with Crippen LogP contribution in [0.3, 0.4) is 0 Å². The van der Waals surface area contributed by atoms with Crippen molar-refractivity contribution in [1.82, 2.24) is 14.8 Å². The maximum absolute atomic E-state index is 12.1. The minimum Gasteiger partial charge on any atom is -0.296 e. The van der Waals surface area contributed by atoms with E-state index in [0.29, 0.717) is 21.0 Å². The molecule has 0 aliphatic rings. The Kier molecular flexibility index (Phi) is 3.43. The maximum atomic E-state index is 12.1. The van der Waals surface area contributed by atoms with Crippen LogP contribution < -0.4 is 10.5 Å². The van der Waals surface area contributed by atoms with Crippen LogP contribution in [0.15, 0.2) is 35.4 Å². The van der Waals surface area contributed by atoms with Crippen LogP contribution in [0.4, 0.5) is 5.13 Å². The lowest BCUT2D eigenvalue weighted by atomic mass is 10.3. The highest BCUT2D eigenvalue weighted by atomic mass is 32.2. The van der Waals surface area contributed by atoms with E-state index in [1.807, 2.05) is 0 Å². The van der Waals surface area contributed by atoms with Crippen LogP contribution in [-0.4, -0.2) is 29.1 Å². The smallest absolute Gasteiger partial charge is 0.275 e. The van der Waals surface area contributed by atoms with E-state index in [2.05, 4.69) is 15.4 Å². The molecule has 0 saturated carbocycles. The van der Waals surface area contributed by atoms with Crippen molar-refractivity contribution in [3.63, 3.8) is 0 Å². The van der Waals surface area contributed by atoms with Crippen molar-refractivity contribution in [3.05, 3.63) is 36.2 Å². The van der Waals surface area contributed by atoms with E-state index >= 15 is 0 Å². The molecule has 0 radical (unpaired) electrons. The first-order valence-corrected chi connectivity index (χ1v) is 8.43. The van der Waals surface area contributed by atoms with Crippen LogP contribution in [0.2, 0.25) is 0 Å². The molecule has 0 saturated heterocycles. The average Bonchev–Trinajstić information content (AvgIpc) is 3.01. The number of carbonyl (C=O) groups is 1. The number of nitrogens with two attached hydrogens (primary N) is 1. The van der Waals surface area contributed by atoms with Crippen LogP contribution in [-0.2, 0) is 17.1 Å². The van der Waals surface area contributed by atoms with Gasteiger partial charge in [0, 0.05) is 13.2 Å². The third-order valence-corrected chi connectivity index (χ3v) is 4.81. The number of sulfonamides is 1. The van der Waals surface area contributed by atoms with Gasteiger partial charge in [0.2, 0.25) is 10.0 Å². The molecule has 0 atom stereocenters. The van der Waals surface area contributed by atoms with Crippen molar-refractivity contribution in [1.29, 1.82) is 0 Å². The van der Waals surface area contributed by atoms with E-state index in [1.54, 1.807) is 19.2 Å². The number of nitrogens with one attached hydrogen (secondary N) is 1. The van der Waals surface area contributed by atoms with E-state index in [0.717, 1.165) is 0 Å². The highest BCUT2D eigenvalue weighted by Crippen LogP contribution is 2.28. The Morgan fingerprint density at radius 1 is 1.36 bits per heavy atom. The summed E-state index contributed by atoms with van der Waals surface area (Å²) in [4.78, 5) is 16.3. The Morgan fingerprint density at radius 2 is 2.14 bits per heavy atom. The number of benzene rings is 1. The summed E-state index contributed by atoms with van der Waals surface area (Å²) < 4.78 is 24.7. The summed E-state index contributed by atoms with van der Waals surface area (Å²) in [6.07, 6.45) is 1.52. The molecule has 2 aromatic heterocycles. The second-order valence-corrected chi connectivity index (χ2v) is 7.08. The number of anilines is 1. The quantitative estimate of drug-likeness (QED) is 0.736. The zero-order valence-corrected chi connectivity index (χ0v) is 13.0. The van der Waals surface area contributed by atoms with E-state index < -0.39 is 10.0 Å². The third kappa shape index (κ3) is 2.71. The van der Waals surface area contributed by atoms with Gasteiger partial charge in [0.1, 0.15) is 5.69 Å². The Hall–Kier alpha value is -2.30. The number of aryl methyl sites for hydroxylation is 1. The Bertz CT molecular complexity index is 974. The van der Waals surface area contributed by atoms with Gasteiger partial charge in [-0.3, -0.25) is 14.8 Å². The highest BCUT2D eigenvalue weighted by Gasteiger charge is 2.14. The molecule has 2 heterocycles. The van der Waals surface area contributed by atoms with Crippen molar-refractivity contribution in [2.45, 2.75) is 4.90 Å². The summed E-state index contributed by atoms with van der Waals surface area (Å²) >= 11 is 1.17. The van der Waals surface area contributed by atoms with E-state index in [9.17, 15) is 13.2 Å². The molecule has 1 aromatic carbocycles. The number of carbonyl (C=O) groups excluding carboxylic acids is 1. The van der Waals surface area contributed by atoms with Gasteiger partial charge in [0.15, 0.2) is 5.13 Å². The number of fused-ring (bicyclic) bond motifs is 1. The summed E-state index contributed by atoms with van der Waals surface area (Å²) in [7, 11) is -2.11. The zero-order valence-electron chi connectivity index (χ0n) is 11.3. The zero-order chi connectivity index (χ0) is 15.9. The molecule has 0 bridgehead atoms. The highest BCUT2D eigenvalue weighted by molar-refractivity contribution is 7.89. The summed E-state index contributed by atoms with van der Waals surface area (Å²) in [5, 5.41) is 12.0. The number of aromatic nitrogens is 3. The predicted molar refractivity (Wildman–Crippen MR) is 82.2 cm³/mol. The van der Waals surface area contributed by atoms with Crippen molar-refractivity contribution < 1.29 is 13.2 Å². The van der Waals surface area contributed by atoms with Crippen LogP contribution in [0.1, 0.15) is 10.5 Å². The van der Waals surface area contributed by atoms with Gasteiger partial charge >= 0.3 is 0 Å². The minimum absolute atomic E-state index is 0.00756. The Morgan fingerprint density at radius 3 is 2.77 bits per heavy atom. The largest absolute Gasteiger partial charge is 0.296 e. The van der Waals surface area contributed by atoms with Gasteiger partial charge < -0.3 is 0 Å². The number of amides is 1. The number of rotatable bonds is 3. The average molecular weight is 337 g/mol. The molecule has 3 N–H and O–H groups in total. The molecule has 114 valence electrons. The van der Waals surface area contributed by atoms with E-state index in [1.165, 1.54) is 34.3 Å². The number of hydrogen-bond acceptors (Lipinski definition) is 6. The second kappa shape index (κ2) is 5.16. The van der Waals surface area contributed by atoms with Crippen molar-refractivity contribution in [2.75, 3.05) is 5.32 Å². The monoisotopic (exact) mass is 337 g/mol. The van der Waals surface area contributed by atoms with Gasteiger partial charge in [-0.2, -0.15) is 5.10 Å². The Labute approximate surface area is 129 Å². The lowest BCUT2D eigenvalue weighted by Gasteiger charge is -2.00. The molecule has 0 unspecified atom stereocenters. The number of nitrogens with zero attached hydrogens (tertiary/aromatic N) is 3. The minimum atomic E-state index is -3.77. The molecular formula is C12H11N5O3S2. The van der Waals surface area contributed by atoms with E-state index in [4.69, 9.17) is 5.14 Å². The van der Waals surface area contributed by atoms with Crippen LogP contribution >= 0.6 is 11.3 Å². The SMILES string of the molecule is Cn1nccc1C(=O)Nc1nc2ccc(S(N)(=O)=O)cc2s1. The fourth-order valence-corrected chi connectivity index (χ4v) is 3.41. The van der Waals surface area contributed by atoms with Gasteiger partial charge in [-0.05, 0) is 24.3 Å². The molecule has 1 amide bonds. The summed E-state index contributed by atoms with van der Waals surface area (Å²) in [6.45, 7) is 0. The number of hydrogen-bond donors (Lipinski definition) is 2. The second-order valence-electron chi connectivity index (χ2n) is 4.49.